The fraction of sp³-hybridized carbons (Fsp3) is 0. The summed E-state index contributed by atoms with van der Waals surface area (Å²) in [5.74, 6) is -0.0333. The molecule has 0 aliphatic carbocycles. The molecule has 0 aliphatic rings. The van der Waals surface area contributed by atoms with E-state index in [2.05, 4.69) is 14.1 Å². The minimum atomic E-state index is -0.468. The van der Waals surface area contributed by atoms with E-state index >= 15 is 0 Å². The van der Waals surface area contributed by atoms with E-state index in [0.29, 0.717) is 11.5 Å². The standard InChI is InChI=1S/C8H4Cl2FN3S/c9-5-3-4(1-2-6(5)11)12-8-7(10)13-15-14-8/h1-3H,(H,12,14). The minimum Gasteiger partial charge on any atom is -0.337 e. The van der Waals surface area contributed by atoms with Gasteiger partial charge in [-0.1, -0.05) is 23.2 Å². The Morgan fingerprint density at radius 1 is 1.27 bits per heavy atom. The van der Waals surface area contributed by atoms with E-state index in [9.17, 15) is 4.39 Å². The molecule has 7 heteroatoms. The highest BCUT2D eigenvalue weighted by molar-refractivity contribution is 6.99. The molecule has 1 aromatic heterocycles. The third-order valence-corrected chi connectivity index (χ3v) is 2.81. The van der Waals surface area contributed by atoms with Crippen LogP contribution in [0.5, 0.6) is 0 Å². The molecule has 0 spiro atoms. The summed E-state index contributed by atoms with van der Waals surface area (Å²) in [6.07, 6.45) is 0. The van der Waals surface area contributed by atoms with Crippen molar-refractivity contribution in [1.29, 1.82) is 0 Å². The Kier molecular flexibility index (Phi) is 3.04. The average Bonchev–Trinajstić information content (AvgIpc) is 2.59. The van der Waals surface area contributed by atoms with Crippen LogP contribution in [0.2, 0.25) is 10.2 Å². The monoisotopic (exact) mass is 263 g/mol. The molecule has 0 aliphatic heterocycles. The zero-order valence-electron chi connectivity index (χ0n) is 7.17. The number of aromatic nitrogens is 2. The summed E-state index contributed by atoms with van der Waals surface area (Å²) in [7, 11) is 0. The summed E-state index contributed by atoms with van der Waals surface area (Å²) in [4.78, 5) is 0. The molecule has 78 valence electrons. The van der Waals surface area contributed by atoms with Crippen molar-refractivity contribution in [3.8, 4) is 0 Å². The first kappa shape index (κ1) is 10.6. The Balaban J connectivity index is 2.25. The number of hydrogen-bond donors (Lipinski definition) is 1. The first-order valence-electron chi connectivity index (χ1n) is 3.87. The molecule has 0 amide bonds. The van der Waals surface area contributed by atoms with E-state index in [1.54, 1.807) is 0 Å². The molecule has 0 saturated heterocycles. The molecule has 1 N–H and O–H groups in total. The van der Waals surface area contributed by atoms with Gasteiger partial charge in [0.15, 0.2) is 11.0 Å². The Hall–Kier alpha value is -0.910. The van der Waals surface area contributed by atoms with E-state index < -0.39 is 5.82 Å². The highest BCUT2D eigenvalue weighted by Gasteiger charge is 2.06. The van der Waals surface area contributed by atoms with Gasteiger partial charge in [-0.05, 0) is 18.2 Å². The van der Waals surface area contributed by atoms with Crippen LogP contribution in [-0.2, 0) is 0 Å². The second-order valence-electron chi connectivity index (χ2n) is 2.66. The largest absolute Gasteiger partial charge is 0.337 e. The zero-order chi connectivity index (χ0) is 10.8. The molecule has 0 fully saturated rings. The predicted molar refractivity (Wildman–Crippen MR) is 59.6 cm³/mol. The second kappa shape index (κ2) is 4.30. The summed E-state index contributed by atoms with van der Waals surface area (Å²) >= 11 is 12.3. The van der Waals surface area contributed by atoms with E-state index in [1.807, 2.05) is 0 Å². The van der Waals surface area contributed by atoms with Crippen LogP contribution in [-0.4, -0.2) is 8.75 Å². The third kappa shape index (κ3) is 2.37. The SMILES string of the molecule is Fc1ccc(Nc2nsnc2Cl)cc1Cl. The van der Waals surface area contributed by atoms with Crippen molar-refractivity contribution < 1.29 is 4.39 Å². The number of nitrogens with zero attached hydrogens (tertiary/aromatic N) is 2. The van der Waals surface area contributed by atoms with E-state index in [0.717, 1.165) is 11.7 Å². The Labute approximate surface area is 99.2 Å². The lowest BCUT2D eigenvalue weighted by Gasteiger charge is -2.03. The van der Waals surface area contributed by atoms with Gasteiger partial charge >= 0.3 is 0 Å². The quantitative estimate of drug-likeness (QED) is 0.898. The third-order valence-electron chi connectivity index (χ3n) is 1.63. The molecule has 3 nitrogen and oxygen atoms in total. The molecule has 0 saturated carbocycles. The van der Waals surface area contributed by atoms with Gasteiger partial charge in [0.25, 0.3) is 0 Å². The Morgan fingerprint density at radius 2 is 2.07 bits per heavy atom. The van der Waals surface area contributed by atoms with Gasteiger partial charge in [0.05, 0.1) is 16.8 Å². The summed E-state index contributed by atoms with van der Waals surface area (Å²) in [6, 6.07) is 4.25. The average molecular weight is 264 g/mol. The van der Waals surface area contributed by atoms with Crippen LogP contribution in [0.25, 0.3) is 0 Å². The first-order valence-corrected chi connectivity index (χ1v) is 5.35. The normalized spacial score (nSPS) is 10.3. The Bertz CT molecular complexity index is 488. The summed E-state index contributed by atoms with van der Waals surface area (Å²) in [5.41, 5.74) is 0.607. The van der Waals surface area contributed by atoms with Crippen LogP contribution < -0.4 is 5.32 Å². The van der Waals surface area contributed by atoms with Crippen molar-refractivity contribution in [2.75, 3.05) is 5.32 Å². The van der Waals surface area contributed by atoms with Crippen LogP contribution in [0.3, 0.4) is 0 Å². The maximum absolute atomic E-state index is 12.8. The van der Waals surface area contributed by atoms with Crippen LogP contribution >= 0.6 is 34.9 Å². The topological polar surface area (TPSA) is 37.8 Å². The predicted octanol–water partition coefficient (Wildman–Crippen LogP) is 3.73. The maximum atomic E-state index is 12.8. The lowest BCUT2D eigenvalue weighted by molar-refractivity contribution is 0.628. The van der Waals surface area contributed by atoms with Gasteiger partial charge in [0.2, 0.25) is 0 Å². The number of halogens is 3. The minimum absolute atomic E-state index is 0.0410. The molecule has 0 unspecified atom stereocenters. The van der Waals surface area contributed by atoms with E-state index in [-0.39, 0.29) is 10.2 Å². The fourth-order valence-corrected chi connectivity index (χ4v) is 1.79. The van der Waals surface area contributed by atoms with Crippen LogP contribution in [0, 0.1) is 5.82 Å². The molecular formula is C8H4Cl2FN3S. The van der Waals surface area contributed by atoms with Crippen molar-refractivity contribution in [3.63, 3.8) is 0 Å². The van der Waals surface area contributed by atoms with Gasteiger partial charge in [0.1, 0.15) is 5.82 Å². The molecule has 1 heterocycles. The van der Waals surface area contributed by atoms with Crippen molar-refractivity contribution in [1.82, 2.24) is 8.75 Å². The second-order valence-corrected chi connectivity index (χ2v) is 3.95. The lowest BCUT2D eigenvalue weighted by atomic mass is 10.3. The number of rotatable bonds is 2. The lowest BCUT2D eigenvalue weighted by Crippen LogP contribution is -1.91. The first-order chi connectivity index (χ1) is 7.16. The molecule has 0 atom stereocenters. The summed E-state index contributed by atoms with van der Waals surface area (Å²) in [6.45, 7) is 0. The van der Waals surface area contributed by atoms with Gasteiger partial charge in [-0.25, -0.2) is 4.39 Å². The molecule has 2 rings (SSSR count). The number of nitrogens with one attached hydrogen (secondary N) is 1. The number of hydrogen-bond acceptors (Lipinski definition) is 4. The van der Waals surface area contributed by atoms with Crippen LogP contribution in [0.1, 0.15) is 0 Å². The van der Waals surface area contributed by atoms with Crippen LogP contribution in [0.4, 0.5) is 15.9 Å². The Morgan fingerprint density at radius 3 is 2.67 bits per heavy atom. The molecule has 1 aromatic carbocycles. The van der Waals surface area contributed by atoms with Crippen LogP contribution in [0.15, 0.2) is 18.2 Å². The van der Waals surface area contributed by atoms with Gasteiger partial charge in [0, 0.05) is 5.69 Å². The van der Waals surface area contributed by atoms with Crippen molar-refractivity contribution in [2.24, 2.45) is 0 Å². The molecule has 15 heavy (non-hydrogen) atoms. The van der Waals surface area contributed by atoms with Gasteiger partial charge in [-0.2, -0.15) is 8.75 Å². The van der Waals surface area contributed by atoms with Gasteiger partial charge in [-0.15, -0.1) is 0 Å². The van der Waals surface area contributed by atoms with Gasteiger partial charge < -0.3 is 5.32 Å². The molecule has 0 radical (unpaired) electrons. The zero-order valence-corrected chi connectivity index (χ0v) is 9.50. The number of benzene rings is 1. The fourth-order valence-electron chi connectivity index (χ4n) is 0.963. The van der Waals surface area contributed by atoms with Crippen molar-refractivity contribution in [3.05, 3.63) is 34.2 Å². The van der Waals surface area contributed by atoms with E-state index in [1.165, 1.54) is 18.2 Å². The van der Waals surface area contributed by atoms with E-state index in [4.69, 9.17) is 23.2 Å². The van der Waals surface area contributed by atoms with Gasteiger partial charge in [-0.3, -0.25) is 0 Å². The van der Waals surface area contributed by atoms with Crippen molar-refractivity contribution in [2.45, 2.75) is 0 Å². The summed E-state index contributed by atoms with van der Waals surface area (Å²) in [5, 5.41) is 3.19. The highest BCUT2D eigenvalue weighted by atomic mass is 35.5. The molecule has 0 bridgehead atoms. The number of anilines is 2. The van der Waals surface area contributed by atoms with Crippen molar-refractivity contribution >= 4 is 46.4 Å². The smallest absolute Gasteiger partial charge is 0.187 e. The maximum Gasteiger partial charge on any atom is 0.187 e. The summed E-state index contributed by atoms with van der Waals surface area (Å²) < 4.78 is 20.5. The highest BCUT2D eigenvalue weighted by Crippen LogP contribution is 2.25. The molecule has 2 aromatic rings. The molecular weight excluding hydrogens is 260 g/mol.